The SMILES string of the molecule is CC(C(=O)O)C(=O)N1C(=O)CCc2cc(N)ccc21. The van der Waals surface area contributed by atoms with Gasteiger partial charge in [-0.05, 0) is 37.1 Å². The molecule has 0 aromatic heterocycles. The highest BCUT2D eigenvalue weighted by molar-refractivity contribution is 6.20. The van der Waals surface area contributed by atoms with Crippen molar-refractivity contribution in [2.24, 2.45) is 5.92 Å². The predicted octanol–water partition coefficient (Wildman–Crippen LogP) is 0.795. The Morgan fingerprint density at radius 3 is 2.68 bits per heavy atom. The number of nitrogen functional groups attached to an aromatic ring is 1. The standard InChI is InChI=1S/C13H14N2O4/c1-7(13(18)19)12(17)15-10-4-3-9(14)6-8(10)2-5-11(15)16/h3-4,6-7H,2,5,14H2,1H3,(H,18,19). The van der Waals surface area contributed by atoms with Crippen LogP contribution in [0.5, 0.6) is 0 Å². The number of carbonyl (C=O) groups is 3. The van der Waals surface area contributed by atoms with Crippen LogP contribution in [0.1, 0.15) is 18.9 Å². The third kappa shape index (κ3) is 2.29. The van der Waals surface area contributed by atoms with E-state index >= 15 is 0 Å². The molecule has 1 aromatic rings. The number of carboxylic acid groups (broad SMARTS) is 1. The monoisotopic (exact) mass is 262 g/mol. The van der Waals surface area contributed by atoms with E-state index in [1.807, 2.05) is 0 Å². The summed E-state index contributed by atoms with van der Waals surface area (Å²) in [5.41, 5.74) is 7.43. The van der Waals surface area contributed by atoms with E-state index in [2.05, 4.69) is 0 Å². The molecule has 0 spiro atoms. The zero-order chi connectivity index (χ0) is 14.2. The summed E-state index contributed by atoms with van der Waals surface area (Å²) in [5, 5.41) is 8.88. The fraction of sp³-hybridized carbons (Fsp3) is 0.308. The van der Waals surface area contributed by atoms with E-state index in [0.29, 0.717) is 17.8 Å². The lowest BCUT2D eigenvalue weighted by Gasteiger charge is -2.29. The summed E-state index contributed by atoms with van der Waals surface area (Å²) in [6.07, 6.45) is 0.680. The maximum absolute atomic E-state index is 12.1. The largest absolute Gasteiger partial charge is 0.481 e. The molecule has 0 saturated carbocycles. The van der Waals surface area contributed by atoms with Gasteiger partial charge in [-0.3, -0.25) is 14.4 Å². The minimum absolute atomic E-state index is 0.175. The number of fused-ring (bicyclic) bond motifs is 1. The van der Waals surface area contributed by atoms with Crippen LogP contribution in [0.4, 0.5) is 11.4 Å². The summed E-state index contributed by atoms with van der Waals surface area (Å²) < 4.78 is 0. The highest BCUT2D eigenvalue weighted by Crippen LogP contribution is 2.30. The van der Waals surface area contributed by atoms with E-state index < -0.39 is 17.8 Å². The first-order chi connectivity index (χ1) is 8.91. The minimum atomic E-state index is -1.26. The lowest BCUT2D eigenvalue weighted by molar-refractivity contribution is -0.145. The summed E-state index contributed by atoms with van der Waals surface area (Å²) in [5.74, 6) is -3.61. The number of anilines is 2. The molecule has 1 unspecified atom stereocenters. The van der Waals surface area contributed by atoms with Crippen LogP contribution in [-0.4, -0.2) is 22.9 Å². The molecule has 3 N–H and O–H groups in total. The molecule has 0 radical (unpaired) electrons. The summed E-state index contributed by atoms with van der Waals surface area (Å²) in [7, 11) is 0. The van der Waals surface area contributed by atoms with Gasteiger partial charge in [0.05, 0.1) is 5.69 Å². The van der Waals surface area contributed by atoms with Crippen LogP contribution < -0.4 is 10.6 Å². The molecule has 0 fully saturated rings. The molecular weight excluding hydrogens is 248 g/mol. The zero-order valence-corrected chi connectivity index (χ0v) is 10.4. The van der Waals surface area contributed by atoms with Crippen molar-refractivity contribution < 1.29 is 19.5 Å². The van der Waals surface area contributed by atoms with Gasteiger partial charge < -0.3 is 10.8 Å². The van der Waals surface area contributed by atoms with Crippen molar-refractivity contribution in [1.29, 1.82) is 0 Å². The number of rotatable bonds is 2. The second-order valence-corrected chi connectivity index (χ2v) is 4.52. The van der Waals surface area contributed by atoms with Gasteiger partial charge in [0.25, 0.3) is 0 Å². The van der Waals surface area contributed by atoms with Gasteiger partial charge in [0.15, 0.2) is 0 Å². The second-order valence-electron chi connectivity index (χ2n) is 4.52. The Morgan fingerprint density at radius 2 is 2.05 bits per heavy atom. The predicted molar refractivity (Wildman–Crippen MR) is 68.5 cm³/mol. The van der Waals surface area contributed by atoms with E-state index in [9.17, 15) is 14.4 Å². The van der Waals surface area contributed by atoms with Crippen molar-refractivity contribution >= 4 is 29.2 Å². The normalized spacial score (nSPS) is 15.8. The van der Waals surface area contributed by atoms with E-state index in [-0.39, 0.29) is 12.3 Å². The molecule has 0 saturated heterocycles. The molecule has 2 rings (SSSR count). The number of amides is 2. The van der Waals surface area contributed by atoms with Crippen molar-refractivity contribution in [3.05, 3.63) is 23.8 Å². The van der Waals surface area contributed by atoms with Crippen molar-refractivity contribution in [3.63, 3.8) is 0 Å². The first kappa shape index (κ1) is 13.1. The summed E-state index contributed by atoms with van der Waals surface area (Å²) >= 11 is 0. The average Bonchev–Trinajstić information content (AvgIpc) is 2.37. The number of nitrogens with zero attached hydrogens (tertiary/aromatic N) is 1. The number of benzene rings is 1. The smallest absolute Gasteiger partial charge is 0.315 e. The number of hydrogen-bond acceptors (Lipinski definition) is 4. The van der Waals surface area contributed by atoms with E-state index in [0.717, 1.165) is 10.5 Å². The Labute approximate surface area is 109 Å². The molecule has 0 bridgehead atoms. The third-order valence-corrected chi connectivity index (χ3v) is 3.16. The Morgan fingerprint density at radius 1 is 1.37 bits per heavy atom. The van der Waals surface area contributed by atoms with Gasteiger partial charge in [-0.2, -0.15) is 0 Å². The van der Waals surface area contributed by atoms with E-state index in [1.54, 1.807) is 18.2 Å². The number of nitrogens with two attached hydrogens (primary N) is 1. The van der Waals surface area contributed by atoms with Crippen LogP contribution in [-0.2, 0) is 20.8 Å². The Kier molecular flexibility index (Phi) is 3.25. The second kappa shape index (κ2) is 4.72. The number of aliphatic carboxylic acids is 1. The number of imide groups is 1. The Balaban J connectivity index is 2.43. The van der Waals surface area contributed by atoms with Gasteiger partial charge in [-0.25, -0.2) is 4.90 Å². The van der Waals surface area contributed by atoms with Crippen molar-refractivity contribution in [2.45, 2.75) is 19.8 Å². The summed E-state index contributed by atoms with van der Waals surface area (Å²) in [6.45, 7) is 1.27. The maximum Gasteiger partial charge on any atom is 0.315 e. The van der Waals surface area contributed by atoms with Crippen molar-refractivity contribution in [1.82, 2.24) is 0 Å². The molecule has 1 atom stereocenters. The van der Waals surface area contributed by atoms with Gasteiger partial charge >= 0.3 is 5.97 Å². The zero-order valence-electron chi connectivity index (χ0n) is 10.4. The number of carboxylic acids is 1. The van der Waals surface area contributed by atoms with Crippen molar-refractivity contribution in [3.8, 4) is 0 Å². The van der Waals surface area contributed by atoms with Gasteiger partial charge in [-0.15, -0.1) is 0 Å². The molecule has 6 nitrogen and oxygen atoms in total. The lowest BCUT2D eigenvalue weighted by atomic mass is 9.98. The Hall–Kier alpha value is -2.37. The molecule has 0 aliphatic carbocycles. The van der Waals surface area contributed by atoms with Gasteiger partial charge in [-0.1, -0.05) is 0 Å². The van der Waals surface area contributed by atoms with Gasteiger partial charge in [0.2, 0.25) is 11.8 Å². The number of carbonyl (C=O) groups excluding carboxylic acids is 2. The number of aryl methyl sites for hydroxylation is 1. The first-order valence-electron chi connectivity index (χ1n) is 5.90. The highest BCUT2D eigenvalue weighted by atomic mass is 16.4. The lowest BCUT2D eigenvalue weighted by Crippen LogP contribution is -2.44. The summed E-state index contributed by atoms with van der Waals surface area (Å²) in [4.78, 5) is 35.8. The molecule has 2 amide bonds. The van der Waals surface area contributed by atoms with Crippen LogP contribution in [0.3, 0.4) is 0 Å². The average molecular weight is 262 g/mol. The van der Waals surface area contributed by atoms with Crippen LogP contribution in [0.15, 0.2) is 18.2 Å². The molecule has 100 valence electrons. The Bertz CT molecular complexity index is 568. The fourth-order valence-electron chi connectivity index (χ4n) is 2.05. The molecule has 1 aliphatic rings. The van der Waals surface area contributed by atoms with Crippen molar-refractivity contribution in [2.75, 3.05) is 10.6 Å². The quantitative estimate of drug-likeness (QED) is 0.606. The van der Waals surface area contributed by atoms with Gasteiger partial charge in [0, 0.05) is 12.1 Å². The third-order valence-electron chi connectivity index (χ3n) is 3.16. The molecule has 1 heterocycles. The van der Waals surface area contributed by atoms with Crippen LogP contribution in [0, 0.1) is 5.92 Å². The number of hydrogen-bond donors (Lipinski definition) is 2. The minimum Gasteiger partial charge on any atom is -0.481 e. The molecule has 1 aromatic carbocycles. The molecule has 6 heteroatoms. The first-order valence-corrected chi connectivity index (χ1v) is 5.90. The highest BCUT2D eigenvalue weighted by Gasteiger charge is 2.34. The van der Waals surface area contributed by atoms with Crippen LogP contribution in [0.2, 0.25) is 0 Å². The van der Waals surface area contributed by atoms with Crippen LogP contribution >= 0.6 is 0 Å². The van der Waals surface area contributed by atoms with Gasteiger partial charge in [0.1, 0.15) is 5.92 Å². The fourth-order valence-corrected chi connectivity index (χ4v) is 2.05. The maximum atomic E-state index is 12.1. The molecule has 19 heavy (non-hydrogen) atoms. The van der Waals surface area contributed by atoms with Crippen LogP contribution in [0.25, 0.3) is 0 Å². The summed E-state index contributed by atoms with van der Waals surface area (Å²) in [6, 6.07) is 4.87. The molecular formula is C13H14N2O4. The molecule has 1 aliphatic heterocycles. The topological polar surface area (TPSA) is 101 Å². The van der Waals surface area contributed by atoms with E-state index in [1.165, 1.54) is 6.92 Å². The van der Waals surface area contributed by atoms with E-state index in [4.69, 9.17) is 10.8 Å².